The average molecular weight is 302 g/mol. The number of esters is 1. The Balaban J connectivity index is 1.56. The van der Waals surface area contributed by atoms with Crippen molar-refractivity contribution in [1.29, 1.82) is 0 Å². The highest BCUT2D eigenvalue weighted by molar-refractivity contribution is 5.89. The fourth-order valence-electron chi connectivity index (χ4n) is 3.63. The molecule has 0 saturated heterocycles. The third kappa shape index (κ3) is 2.88. The molecule has 4 nitrogen and oxygen atoms in total. The Morgan fingerprint density at radius 2 is 1.95 bits per heavy atom. The second-order valence-electron chi connectivity index (χ2n) is 5.93. The van der Waals surface area contributed by atoms with Crippen LogP contribution in [-0.4, -0.2) is 26.3 Å². The van der Waals surface area contributed by atoms with E-state index < -0.39 is 0 Å². The van der Waals surface area contributed by atoms with Gasteiger partial charge in [-0.2, -0.15) is 0 Å². The van der Waals surface area contributed by atoms with E-state index in [2.05, 4.69) is 0 Å². The molecule has 3 rings (SSSR count). The SMILES string of the molecule is COC(=O)C1=CCC2C(OCc3ccc(OC)cc3)CCC12. The number of benzene rings is 1. The zero-order valence-electron chi connectivity index (χ0n) is 13.1. The highest BCUT2D eigenvalue weighted by atomic mass is 16.5. The van der Waals surface area contributed by atoms with E-state index >= 15 is 0 Å². The summed E-state index contributed by atoms with van der Waals surface area (Å²) in [6.07, 6.45) is 5.20. The van der Waals surface area contributed by atoms with E-state index in [0.29, 0.717) is 18.4 Å². The molecule has 0 N–H and O–H groups in total. The van der Waals surface area contributed by atoms with Gasteiger partial charge in [0.25, 0.3) is 0 Å². The minimum absolute atomic E-state index is 0.177. The monoisotopic (exact) mass is 302 g/mol. The Morgan fingerprint density at radius 1 is 1.18 bits per heavy atom. The first-order valence-electron chi connectivity index (χ1n) is 7.76. The van der Waals surface area contributed by atoms with Crippen molar-refractivity contribution >= 4 is 5.97 Å². The Labute approximate surface area is 131 Å². The van der Waals surface area contributed by atoms with Gasteiger partial charge in [-0.15, -0.1) is 0 Å². The largest absolute Gasteiger partial charge is 0.497 e. The Kier molecular flexibility index (Phi) is 4.48. The maximum Gasteiger partial charge on any atom is 0.333 e. The molecule has 0 aliphatic heterocycles. The molecule has 1 aromatic carbocycles. The van der Waals surface area contributed by atoms with E-state index in [0.717, 1.165) is 36.1 Å². The fourth-order valence-corrected chi connectivity index (χ4v) is 3.63. The molecule has 0 amide bonds. The van der Waals surface area contributed by atoms with Crippen molar-refractivity contribution in [3.63, 3.8) is 0 Å². The number of methoxy groups -OCH3 is 2. The molecule has 0 aromatic heterocycles. The lowest BCUT2D eigenvalue weighted by atomic mass is 9.94. The smallest absolute Gasteiger partial charge is 0.333 e. The van der Waals surface area contributed by atoms with E-state index in [1.807, 2.05) is 30.3 Å². The van der Waals surface area contributed by atoms with Crippen LogP contribution in [0.5, 0.6) is 5.75 Å². The highest BCUT2D eigenvalue weighted by Gasteiger charge is 2.43. The van der Waals surface area contributed by atoms with Crippen LogP contribution in [0.3, 0.4) is 0 Å². The minimum Gasteiger partial charge on any atom is -0.497 e. The second kappa shape index (κ2) is 6.53. The lowest BCUT2D eigenvalue weighted by Gasteiger charge is -2.20. The Hall–Kier alpha value is -1.81. The molecule has 0 bridgehead atoms. The summed E-state index contributed by atoms with van der Waals surface area (Å²) in [6.45, 7) is 0.603. The van der Waals surface area contributed by atoms with Crippen molar-refractivity contribution in [2.24, 2.45) is 11.8 Å². The molecule has 3 atom stereocenters. The molecule has 0 spiro atoms. The van der Waals surface area contributed by atoms with Crippen LogP contribution in [0.25, 0.3) is 0 Å². The summed E-state index contributed by atoms with van der Waals surface area (Å²) in [5.74, 6) is 1.41. The molecule has 4 heteroatoms. The summed E-state index contributed by atoms with van der Waals surface area (Å²) in [5.41, 5.74) is 1.99. The quantitative estimate of drug-likeness (QED) is 0.784. The summed E-state index contributed by atoms with van der Waals surface area (Å²) < 4.78 is 16.1. The van der Waals surface area contributed by atoms with Crippen LogP contribution in [0.15, 0.2) is 35.9 Å². The molecule has 1 aromatic rings. The summed E-state index contributed by atoms with van der Waals surface area (Å²) in [4.78, 5) is 11.8. The molecule has 2 aliphatic carbocycles. The number of ether oxygens (including phenoxy) is 3. The van der Waals surface area contributed by atoms with Gasteiger partial charge >= 0.3 is 5.97 Å². The van der Waals surface area contributed by atoms with Gasteiger partial charge in [0.1, 0.15) is 5.75 Å². The van der Waals surface area contributed by atoms with E-state index in [9.17, 15) is 4.79 Å². The molecule has 0 heterocycles. The number of hydrogen-bond acceptors (Lipinski definition) is 4. The van der Waals surface area contributed by atoms with Crippen LogP contribution in [0.1, 0.15) is 24.8 Å². The lowest BCUT2D eigenvalue weighted by molar-refractivity contribution is -0.136. The van der Waals surface area contributed by atoms with Crippen LogP contribution >= 0.6 is 0 Å². The van der Waals surface area contributed by atoms with Gasteiger partial charge in [0.2, 0.25) is 0 Å². The van der Waals surface area contributed by atoms with Crippen molar-refractivity contribution in [3.05, 3.63) is 41.5 Å². The zero-order valence-corrected chi connectivity index (χ0v) is 13.1. The summed E-state index contributed by atoms with van der Waals surface area (Å²) in [6, 6.07) is 7.95. The first-order valence-corrected chi connectivity index (χ1v) is 7.76. The number of hydrogen-bond donors (Lipinski definition) is 0. The number of fused-ring (bicyclic) bond motifs is 1. The molecular weight excluding hydrogens is 280 g/mol. The Bertz CT molecular complexity index is 561. The third-order valence-electron chi connectivity index (χ3n) is 4.81. The van der Waals surface area contributed by atoms with Gasteiger partial charge < -0.3 is 14.2 Å². The van der Waals surface area contributed by atoms with Gasteiger partial charge in [-0.05, 0) is 48.8 Å². The Morgan fingerprint density at radius 3 is 2.64 bits per heavy atom. The third-order valence-corrected chi connectivity index (χ3v) is 4.81. The normalized spacial score (nSPS) is 26.5. The molecular formula is C18H22O4. The van der Waals surface area contributed by atoms with Gasteiger partial charge in [0.15, 0.2) is 0 Å². The van der Waals surface area contributed by atoms with Crippen LogP contribution in [0.2, 0.25) is 0 Å². The maximum absolute atomic E-state index is 11.8. The van der Waals surface area contributed by atoms with Crippen molar-refractivity contribution in [1.82, 2.24) is 0 Å². The van der Waals surface area contributed by atoms with Crippen LogP contribution < -0.4 is 4.74 Å². The van der Waals surface area contributed by atoms with Crippen LogP contribution in [-0.2, 0) is 20.9 Å². The van der Waals surface area contributed by atoms with Gasteiger partial charge in [0, 0.05) is 5.57 Å². The molecule has 22 heavy (non-hydrogen) atoms. The van der Waals surface area contributed by atoms with E-state index in [4.69, 9.17) is 14.2 Å². The number of carbonyl (C=O) groups is 1. The first kappa shape index (κ1) is 15.1. The second-order valence-corrected chi connectivity index (χ2v) is 5.93. The molecule has 0 radical (unpaired) electrons. The molecule has 1 fully saturated rings. The predicted molar refractivity (Wildman–Crippen MR) is 82.5 cm³/mol. The van der Waals surface area contributed by atoms with Crippen LogP contribution in [0, 0.1) is 11.8 Å². The lowest BCUT2D eigenvalue weighted by Crippen LogP contribution is -2.21. The van der Waals surface area contributed by atoms with E-state index in [1.54, 1.807) is 7.11 Å². The molecule has 3 unspecified atom stereocenters. The maximum atomic E-state index is 11.8. The molecule has 1 saturated carbocycles. The number of carbonyl (C=O) groups excluding carboxylic acids is 1. The first-order chi connectivity index (χ1) is 10.7. The van der Waals surface area contributed by atoms with Crippen LogP contribution in [0.4, 0.5) is 0 Å². The number of allylic oxidation sites excluding steroid dienone is 1. The average Bonchev–Trinajstić information content (AvgIpc) is 3.14. The van der Waals surface area contributed by atoms with Gasteiger partial charge in [-0.1, -0.05) is 18.2 Å². The van der Waals surface area contributed by atoms with E-state index in [-0.39, 0.29) is 12.1 Å². The molecule has 118 valence electrons. The number of rotatable bonds is 5. The van der Waals surface area contributed by atoms with Crippen molar-refractivity contribution < 1.29 is 19.0 Å². The minimum atomic E-state index is -0.177. The van der Waals surface area contributed by atoms with Crippen molar-refractivity contribution in [3.8, 4) is 5.75 Å². The molecule has 2 aliphatic rings. The van der Waals surface area contributed by atoms with Crippen molar-refractivity contribution in [2.45, 2.75) is 32.0 Å². The zero-order chi connectivity index (χ0) is 15.5. The van der Waals surface area contributed by atoms with Gasteiger partial charge in [-0.25, -0.2) is 4.79 Å². The highest BCUT2D eigenvalue weighted by Crippen LogP contribution is 2.46. The predicted octanol–water partition coefficient (Wildman–Crippen LogP) is 3.11. The summed E-state index contributed by atoms with van der Waals surface area (Å²) >= 11 is 0. The standard InChI is InChI=1S/C18H22O4/c1-20-13-5-3-12(4-6-13)11-22-17-10-9-14-15(17)7-8-16(14)18(19)21-2/h3-6,8,14-15,17H,7,9-11H2,1-2H3. The topological polar surface area (TPSA) is 44.8 Å². The summed E-state index contributed by atoms with van der Waals surface area (Å²) in [7, 11) is 3.11. The van der Waals surface area contributed by atoms with Crippen molar-refractivity contribution in [2.75, 3.05) is 14.2 Å². The summed E-state index contributed by atoms with van der Waals surface area (Å²) in [5, 5.41) is 0. The van der Waals surface area contributed by atoms with Gasteiger partial charge in [0.05, 0.1) is 26.9 Å². The fraction of sp³-hybridized carbons (Fsp3) is 0.500. The van der Waals surface area contributed by atoms with E-state index in [1.165, 1.54) is 7.11 Å². The van der Waals surface area contributed by atoms with Gasteiger partial charge in [-0.3, -0.25) is 0 Å².